The van der Waals surface area contributed by atoms with Gasteiger partial charge in [0.25, 0.3) is 15.9 Å². The summed E-state index contributed by atoms with van der Waals surface area (Å²) in [4.78, 5) is 13.0. The molecular formula is C25H23ClN2O5S. The van der Waals surface area contributed by atoms with Crippen molar-refractivity contribution in [2.75, 3.05) is 23.8 Å². The van der Waals surface area contributed by atoms with Crippen LogP contribution in [0.2, 0.25) is 5.02 Å². The number of hydrogen-bond acceptors (Lipinski definition) is 5. The summed E-state index contributed by atoms with van der Waals surface area (Å²) in [5.41, 5.74) is 2.42. The molecule has 0 saturated heterocycles. The van der Waals surface area contributed by atoms with Crippen LogP contribution in [0.4, 0.5) is 11.4 Å². The summed E-state index contributed by atoms with van der Waals surface area (Å²) >= 11 is 6.03. The van der Waals surface area contributed by atoms with Crippen molar-refractivity contribution in [3.05, 3.63) is 87.8 Å². The van der Waals surface area contributed by atoms with Crippen LogP contribution in [-0.2, 0) is 21.4 Å². The first-order valence-electron chi connectivity index (χ1n) is 10.4. The third-order valence-electron chi connectivity index (χ3n) is 5.52. The summed E-state index contributed by atoms with van der Waals surface area (Å²) in [6.07, 6.45) is 0. The molecule has 0 fully saturated rings. The second-order valence-corrected chi connectivity index (χ2v) is 9.88. The molecule has 1 amide bonds. The number of halogens is 1. The number of benzene rings is 3. The molecule has 0 radical (unpaired) electrons. The van der Waals surface area contributed by atoms with E-state index in [9.17, 15) is 13.2 Å². The molecule has 176 valence electrons. The number of rotatable bonds is 6. The first-order valence-corrected chi connectivity index (χ1v) is 12.2. The van der Waals surface area contributed by atoms with Gasteiger partial charge < -0.3 is 14.8 Å². The lowest BCUT2D eigenvalue weighted by molar-refractivity contribution is -0.112. The van der Waals surface area contributed by atoms with Crippen LogP contribution in [0.3, 0.4) is 0 Å². The fraction of sp³-hybridized carbons (Fsp3) is 0.160. The van der Waals surface area contributed by atoms with Crippen molar-refractivity contribution in [2.24, 2.45) is 0 Å². The minimum absolute atomic E-state index is 0.0346. The number of carbonyl (C=O) groups excluding carboxylic acids is 1. The number of amides is 1. The molecule has 1 heterocycles. The van der Waals surface area contributed by atoms with E-state index in [-0.39, 0.29) is 11.4 Å². The summed E-state index contributed by atoms with van der Waals surface area (Å²) in [7, 11) is -1.25. The third-order valence-corrected chi connectivity index (χ3v) is 7.67. The Balaban J connectivity index is 1.89. The predicted molar refractivity (Wildman–Crippen MR) is 134 cm³/mol. The van der Waals surface area contributed by atoms with Crippen molar-refractivity contribution in [2.45, 2.75) is 13.5 Å². The van der Waals surface area contributed by atoms with Crippen molar-refractivity contribution in [3.63, 3.8) is 0 Å². The fourth-order valence-corrected chi connectivity index (χ4v) is 5.81. The third kappa shape index (κ3) is 4.34. The molecule has 0 bridgehead atoms. The predicted octanol–water partition coefficient (Wildman–Crippen LogP) is 5.08. The zero-order valence-corrected chi connectivity index (χ0v) is 20.4. The number of fused-ring (bicyclic) bond motifs is 1. The van der Waals surface area contributed by atoms with Gasteiger partial charge in [0.2, 0.25) is 0 Å². The number of sulfonamides is 1. The van der Waals surface area contributed by atoms with Crippen molar-refractivity contribution >= 4 is 44.5 Å². The van der Waals surface area contributed by atoms with Crippen LogP contribution in [-0.4, -0.2) is 28.5 Å². The van der Waals surface area contributed by atoms with Gasteiger partial charge in [0.1, 0.15) is 0 Å². The number of methoxy groups -OCH3 is 2. The Morgan fingerprint density at radius 2 is 1.65 bits per heavy atom. The van der Waals surface area contributed by atoms with Crippen LogP contribution in [0, 0.1) is 0 Å². The average Bonchev–Trinajstić information content (AvgIpc) is 2.81. The molecule has 0 atom stereocenters. The summed E-state index contributed by atoms with van der Waals surface area (Å²) < 4.78 is 39.8. The smallest absolute Gasteiger partial charge is 0.270 e. The zero-order valence-electron chi connectivity index (χ0n) is 18.8. The minimum atomic E-state index is -4.23. The molecule has 1 aliphatic heterocycles. The second-order valence-electron chi connectivity index (χ2n) is 7.64. The van der Waals surface area contributed by atoms with Crippen LogP contribution in [0.5, 0.6) is 11.5 Å². The Bertz CT molecular complexity index is 1390. The first-order chi connectivity index (χ1) is 16.3. The zero-order chi connectivity index (χ0) is 24.5. The molecule has 0 aromatic heterocycles. The van der Waals surface area contributed by atoms with Gasteiger partial charge in [-0.3, -0.25) is 9.10 Å². The summed E-state index contributed by atoms with van der Waals surface area (Å²) in [6, 6.07) is 19.0. The molecule has 4 rings (SSSR count). The number of anilines is 2. The van der Waals surface area contributed by atoms with Gasteiger partial charge in [-0.25, -0.2) is 8.42 Å². The van der Waals surface area contributed by atoms with Crippen molar-refractivity contribution in [3.8, 4) is 11.5 Å². The van der Waals surface area contributed by atoms with E-state index in [2.05, 4.69) is 5.32 Å². The highest BCUT2D eigenvalue weighted by atomic mass is 35.5. The number of nitrogens with zero attached hydrogens (tertiary/aromatic N) is 1. The molecule has 9 heteroatoms. The van der Waals surface area contributed by atoms with E-state index in [1.165, 1.54) is 18.5 Å². The maximum Gasteiger partial charge on any atom is 0.270 e. The number of nitrogens with one attached hydrogen (secondary N) is 1. The summed E-state index contributed by atoms with van der Waals surface area (Å²) in [5, 5.41) is 3.08. The van der Waals surface area contributed by atoms with E-state index in [0.29, 0.717) is 39.0 Å². The van der Waals surface area contributed by atoms with E-state index in [1.807, 2.05) is 30.3 Å². The molecule has 0 unspecified atom stereocenters. The van der Waals surface area contributed by atoms with E-state index >= 15 is 0 Å². The lowest BCUT2D eigenvalue weighted by Crippen LogP contribution is -2.39. The molecule has 3 aromatic carbocycles. The first kappa shape index (κ1) is 23.7. The van der Waals surface area contributed by atoms with Crippen molar-refractivity contribution < 1.29 is 22.7 Å². The largest absolute Gasteiger partial charge is 0.493 e. The maximum absolute atomic E-state index is 13.9. The Hall–Kier alpha value is -3.49. The highest BCUT2D eigenvalue weighted by Gasteiger charge is 2.40. The normalized spacial score (nSPS) is 14.4. The monoisotopic (exact) mass is 498 g/mol. The quantitative estimate of drug-likeness (QED) is 0.512. The van der Waals surface area contributed by atoms with Crippen LogP contribution in [0.1, 0.15) is 18.1 Å². The molecule has 7 nitrogen and oxygen atoms in total. The Kier molecular flexibility index (Phi) is 6.54. The molecule has 0 spiro atoms. The molecule has 3 aromatic rings. The van der Waals surface area contributed by atoms with E-state index in [4.69, 9.17) is 21.1 Å². The number of carbonyl (C=O) groups is 1. The molecular weight excluding hydrogens is 476 g/mol. The highest BCUT2D eigenvalue weighted by Crippen LogP contribution is 2.45. The topological polar surface area (TPSA) is 84.9 Å². The van der Waals surface area contributed by atoms with Gasteiger partial charge in [-0.15, -0.1) is 0 Å². The molecule has 34 heavy (non-hydrogen) atoms. The Morgan fingerprint density at radius 3 is 2.29 bits per heavy atom. The number of hydrogen-bond donors (Lipinski definition) is 1. The van der Waals surface area contributed by atoms with Crippen molar-refractivity contribution in [1.82, 2.24) is 0 Å². The van der Waals surface area contributed by atoms with Crippen LogP contribution in [0.15, 0.2) is 71.6 Å². The lowest BCUT2D eigenvalue weighted by Gasteiger charge is -2.33. The molecule has 0 aliphatic carbocycles. The summed E-state index contributed by atoms with van der Waals surface area (Å²) in [5.74, 6) is 0.0570. The van der Waals surface area contributed by atoms with E-state index in [0.717, 1.165) is 5.56 Å². The maximum atomic E-state index is 13.9. The molecule has 0 saturated carbocycles. The average molecular weight is 499 g/mol. The number of ether oxygens (including phenoxy) is 2. The number of allylic oxidation sites excluding steroid dienone is 1. The molecule has 1 aliphatic rings. The van der Waals surface area contributed by atoms with Crippen molar-refractivity contribution in [1.29, 1.82) is 0 Å². The van der Waals surface area contributed by atoms with E-state index in [1.54, 1.807) is 43.3 Å². The van der Waals surface area contributed by atoms with Gasteiger partial charge in [-0.1, -0.05) is 48.0 Å². The SMILES string of the molecule is COc1cc2c(cc1OC)N(Cc1ccccc1)S(=O)(=O)C(C(=O)Nc1cccc(Cl)c1)=C2C. The second kappa shape index (κ2) is 9.40. The van der Waals surface area contributed by atoms with Gasteiger partial charge in [0, 0.05) is 22.3 Å². The van der Waals surface area contributed by atoms with Crippen LogP contribution < -0.4 is 19.1 Å². The Morgan fingerprint density at radius 1 is 0.971 bits per heavy atom. The Labute approximate surface area is 203 Å². The standard InChI is InChI=1S/C25H23ClN2O5S/c1-16-20-13-22(32-2)23(33-3)14-21(20)28(15-17-8-5-4-6-9-17)34(30,31)24(16)25(29)27-19-11-7-10-18(26)12-19/h4-14H,15H2,1-3H3,(H,27,29). The minimum Gasteiger partial charge on any atom is -0.493 e. The lowest BCUT2D eigenvalue weighted by atomic mass is 10.0. The van der Waals surface area contributed by atoms with E-state index < -0.39 is 15.9 Å². The van der Waals surface area contributed by atoms with Crippen LogP contribution in [0.25, 0.3) is 5.57 Å². The molecule has 1 N–H and O–H groups in total. The van der Waals surface area contributed by atoms with Crippen LogP contribution >= 0.6 is 11.6 Å². The highest BCUT2D eigenvalue weighted by molar-refractivity contribution is 7.97. The van der Waals surface area contributed by atoms with Gasteiger partial charge in [-0.05, 0) is 42.3 Å². The van der Waals surface area contributed by atoms with Gasteiger partial charge >= 0.3 is 0 Å². The van der Waals surface area contributed by atoms with Gasteiger partial charge in [0.05, 0.1) is 26.5 Å². The summed E-state index contributed by atoms with van der Waals surface area (Å²) in [6.45, 7) is 1.64. The van der Waals surface area contributed by atoms with Gasteiger partial charge in [0.15, 0.2) is 16.4 Å². The van der Waals surface area contributed by atoms with Gasteiger partial charge in [-0.2, -0.15) is 0 Å². The fourth-order valence-electron chi connectivity index (χ4n) is 3.89.